The fourth-order valence-electron chi connectivity index (χ4n) is 1.47. The van der Waals surface area contributed by atoms with Crippen molar-refractivity contribution in [3.63, 3.8) is 0 Å². The van der Waals surface area contributed by atoms with Gasteiger partial charge in [0.2, 0.25) is 0 Å². The molecule has 0 saturated heterocycles. The minimum absolute atomic E-state index is 0.301. The summed E-state index contributed by atoms with van der Waals surface area (Å²) in [6.07, 6.45) is 5.64. The van der Waals surface area contributed by atoms with Gasteiger partial charge in [-0.25, -0.2) is 9.10 Å². The third kappa shape index (κ3) is 2.52. The molecule has 2 aliphatic rings. The van der Waals surface area contributed by atoms with Crippen molar-refractivity contribution in [1.29, 1.82) is 0 Å². The van der Waals surface area contributed by atoms with Crippen LogP contribution in [-0.4, -0.2) is 33.3 Å². The van der Waals surface area contributed by atoms with Crippen molar-refractivity contribution < 1.29 is 9.53 Å². The largest absolute Gasteiger partial charge is 0.443 e. The van der Waals surface area contributed by atoms with Gasteiger partial charge in [0.25, 0.3) is 0 Å². The van der Waals surface area contributed by atoms with Gasteiger partial charge in [0.1, 0.15) is 5.60 Å². The molecular formula is C11H16N2O2S. The summed E-state index contributed by atoms with van der Waals surface area (Å²) in [6, 6.07) is 0. The van der Waals surface area contributed by atoms with E-state index < -0.39 is 5.60 Å². The quantitative estimate of drug-likeness (QED) is 0.609. The van der Waals surface area contributed by atoms with Gasteiger partial charge in [0, 0.05) is 12.7 Å². The van der Waals surface area contributed by atoms with Crippen molar-refractivity contribution in [3.8, 4) is 0 Å². The molecule has 0 atom stereocenters. The smallest absolute Gasteiger partial charge is 0.424 e. The second kappa shape index (κ2) is 4.05. The maximum Gasteiger partial charge on any atom is 0.424 e. The predicted molar refractivity (Wildman–Crippen MR) is 64.5 cm³/mol. The number of amides is 1. The maximum atomic E-state index is 11.8. The molecule has 0 saturated carbocycles. The number of hydrogen-bond acceptors (Lipinski definition) is 4. The van der Waals surface area contributed by atoms with Gasteiger partial charge in [0.05, 0.1) is 11.6 Å². The van der Waals surface area contributed by atoms with E-state index in [1.165, 1.54) is 11.9 Å². The van der Waals surface area contributed by atoms with Crippen molar-refractivity contribution in [2.75, 3.05) is 12.4 Å². The third-order valence-electron chi connectivity index (χ3n) is 2.16. The van der Waals surface area contributed by atoms with Crippen LogP contribution in [0.2, 0.25) is 0 Å². The summed E-state index contributed by atoms with van der Waals surface area (Å²) < 4.78 is 6.87. The molecule has 2 rings (SSSR count). The highest BCUT2D eigenvalue weighted by molar-refractivity contribution is 7.97. The fraction of sp³-hybridized carbons (Fsp3) is 0.545. The van der Waals surface area contributed by atoms with E-state index >= 15 is 0 Å². The van der Waals surface area contributed by atoms with Gasteiger partial charge in [-0.3, -0.25) is 0 Å². The van der Waals surface area contributed by atoms with E-state index in [0.29, 0.717) is 0 Å². The number of allylic oxidation sites excluding steroid dienone is 1. The highest BCUT2D eigenvalue weighted by Crippen LogP contribution is 2.28. The van der Waals surface area contributed by atoms with Gasteiger partial charge in [-0.1, -0.05) is 6.08 Å². The Morgan fingerprint density at radius 3 is 2.94 bits per heavy atom. The average molecular weight is 240 g/mol. The van der Waals surface area contributed by atoms with Gasteiger partial charge in [-0.2, -0.15) is 0 Å². The van der Waals surface area contributed by atoms with Gasteiger partial charge in [-0.15, -0.1) is 0 Å². The van der Waals surface area contributed by atoms with Gasteiger partial charge >= 0.3 is 6.09 Å². The molecule has 0 fully saturated rings. The van der Waals surface area contributed by atoms with Crippen molar-refractivity contribution in [2.24, 2.45) is 0 Å². The molecule has 0 N–H and O–H groups in total. The molecule has 1 amide bonds. The van der Waals surface area contributed by atoms with Crippen molar-refractivity contribution in [1.82, 2.24) is 9.21 Å². The molecule has 5 heteroatoms. The van der Waals surface area contributed by atoms with Crippen LogP contribution in [0.5, 0.6) is 0 Å². The highest BCUT2D eigenvalue weighted by Gasteiger charge is 2.27. The van der Waals surface area contributed by atoms with E-state index in [0.717, 1.165) is 18.1 Å². The monoisotopic (exact) mass is 240 g/mol. The van der Waals surface area contributed by atoms with Crippen LogP contribution in [0.25, 0.3) is 0 Å². The summed E-state index contributed by atoms with van der Waals surface area (Å²) in [5, 5.41) is 0. The first-order valence-electron chi connectivity index (χ1n) is 5.24. The van der Waals surface area contributed by atoms with Crippen LogP contribution in [0.4, 0.5) is 4.79 Å². The molecular weight excluding hydrogens is 224 g/mol. The molecule has 0 aromatic carbocycles. The first-order chi connectivity index (χ1) is 7.46. The Morgan fingerprint density at radius 2 is 2.25 bits per heavy atom. The molecule has 0 spiro atoms. The Labute approximate surface area is 100 Å². The van der Waals surface area contributed by atoms with Gasteiger partial charge in [0.15, 0.2) is 0 Å². The number of nitrogens with zero attached hydrogens (tertiary/aromatic N) is 2. The molecule has 2 aliphatic heterocycles. The molecule has 4 nitrogen and oxygen atoms in total. The van der Waals surface area contributed by atoms with Crippen LogP contribution in [0, 0.1) is 0 Å². The molecule has 0 unspecified atom stereocenters. The van der Waals surface area contributed by atoms with Crippen LogP contribution in [0.15, 0.2) is 24.0 Å². The molecule has 2 heterocycles. The summed E-state index contributed by atoms with van der Waals surface area (Å²) in [6.45, 7) is 6.54. The number of hydrogen-bond donors (Lipinski definition) is 0. The molecule has 0 radical (unpaired) electrons. The van der Waals surface area contributed by atoms with E-state index in [2.05, 4.69) is 11.0 Å². The zero-order chi connectivity index (χ0) is 11.8. The SMILES string of the molecule is CC(C)(C)OC(=O)N1C=C2C=CCN2CS1. The molecule has 0 aromatic heterocycles. The number of fused-ring (bicyclic) bond motifs is 1. The Bertz CT molecular complexity index is 357. The van der Waals surface area contributed by atoms with Crippen LogP contribution in [0.1, 0.15) is 20.8 Å². The van der Waals surface area contributed by atoms with Gasteiger partial charge in [-0.05, 0) is 38.8 Å². The van der Waals surface area contributed by atoms with Crippen molar-refractivity contribution in [3.05, 3.63) is 24.0 Å². The molecule has 0 aromatic rings. The van der Waals surface area contributed by atoms with E-state index in [1.807, 2.05) is 33.0 Å². The van der Waals surface area contributed by atoms with Crippen LogP contribution < -0.4 is 0 Å². The van der Waals surface area contributed by atoms with Gasteiger partial charge < -0.3 is 9.64 Å². The Kier molecular flexibility index (Phi) is 2.88. The second-order valence-corrected chi connectivity index (χ2v) is 5.65. The lowest BCUT2D eigenvalue weighted by molar-refractivity contribution is 0.0448. The van der Waals surface area contributed by atoms with Crippen LogP contribution in [0.3, 0.4) is 0 Å². The predicted octanol–water partition coefficient (Wildman–Crippen LogP) is 2.56. The fourth-order valence-corrected chi connectivity index (χ4v) is 2.31. The van der Waals surface area contributed by atoms with Crippen molar-refractivity contribution in [2.45, 2.75) is 26.4 Å². The summed E-state index contributed by atoms with van der Waals surface area (Å²) in [7, 11) is 0. The maximum absolute atomic E-state index is 11.8. The summed E-state index contributed by atoms with van der Waals surface area (Å²) in [5.74, 6) is 0.790. The number of carbonyl (C=O) groups excluding carboxylic acids is 1. The van der Waals surface area contributed by atoms with E-state index in [4.69, 9.17) is 4.74 Å². The minimum atomic E-state index is -0.446. The standard InChI is InChI=1S/C11H16N2O2S/c1-11(2,3)15-10(14)13-7-9-5-4-6-12(9)8-16-13/h4-5,7H,6,8H2,1-3H3. The Morgan fingerprint density at radius 1 is 1.50 bits per heavy atom. The highest BCUT2D eigenvalue weighted by atomic mass is 32.2. The summed E-state index contributed by atoms with van der Waals surface area (Å²) in [4.78, 5) is 14.0. The average Bonchev–Trinajstić information content (AvgIpc) is 2.61. The molecule has 16 heavy (non-hydrogen) atoms. The lowest BCUT2D eigenvalue weighted by Gasteiger charge is -2.31. The number of ether oxygens (including phenoxy) is 1. The first-order valence-corrected chi connectivity index (χ1v) is 6.18. The lowest BCUT2D eigenvalue weighted by Crippen LogP contribution is -2.34. The zero-order valence-corrected chi connectivity index (χ0v) is 10.6. The van der Waals surface area contributed by atoms with Crippen LogP contribution >= 0.6 is 11.9 Å². The number of carbonyl (C=O) groups is 1. The summed E-state index contributed by atoms with van der Waals surface area (Å²) in [5.41, 5.74) is 0.628. The topological polar surface area (TPSA) is 32.8 Å². The number of rotatable bonds is 0. The Hall–Kier alpha value is -1.10. The van der Waals surface area contributed by atoms with E-state index in [9.17, 15) is 4.79 Å². The normalized spacial score (nSPS) is 19.6. The molecule has 0 aliphatic carbocycles. The molecule has 0 bridgehead atoms. The van der Waals surface area contributed by atoms with Crippen LogP contribution in [-0.2, 0) is 4.74 Å². The molecule has 88 valence electrons. The van der Waals surface area contributed by atoms with E-state index in [1.54, 1.807) is 4.31 Å². The first kappa shape index (κ1) is 11.4. The summed E-state index contributed by atoms with van der Waals surface area (Å²) >= 11 is 1.46. The Balaban J connectivity index is 2.03. The minimum Gasteiger partial charge on any atom is -0.443 e. The van der Waals surface area contributed by atoms with Crippen molar-refractivity contribution >= 4 is 18.0 Å². The zero-order valence-electron chi connectivity index (χ0n) is 9.77. The second-order valence-electron chi connectivity index (χ2n) is 4.74. The third-order valence-corrected chi connectivity index (χ3v) is 3.11. The van der Waals surface area contributed by atoms with E-state index in [-0.39, 0.29) is 6.09 Å². The lowest BCUT2D eigenvalue weighted by atomic mass is 10.2.